The van der Waals surface area contributed by atoms with E-state index in [-0.39, 0.29) is 5.56 Å². The summed E-state index contributed by atoms with van der Waals surface area (Å²) in [6.07, 6.45) is 0. The summed E-state index contributed by atoms with van der Waals surface area (Å²) in [5.74, 6) is 0. The summed E-state index contributed by atoms with van der Waals surface area (Å²) in [6.45, 7) is 7.67. The number of hydrogen-bond donors (Lipinski definition) is 1. The number of aromatic nitrogens is 2. The smallest absolute Gasteiger partial charge is 0.279 e. The van der Waals surface area contributed by atoms with Crippen molar-refractivity contribution in [3.05, 3.63) is 51.3 Å². The monoisotopic (exact) mass is 214 g/mol. The lowest BCUT2D eigenvalue weighted by molar-refractivity contribution is 0.838. The predicted octanol–water partition coefficient (Wildman–Crippen LogP) is 0.766. The summed E-state index contributed by atoms with van der Waals surface area (Å²) < 4.78 is 1.52. The van der Waals surface area contributed by atoms with Crippen LogP contribution in [-0.2, 0) is 0 Å². The quantitative estimate of drug-likeness (QED) is 0.748. The number of benzene rings is 1. The molecule has 0 spiro atoms. The van der Waals surface area contributed by atoms with Gasteiger partial charge in [0.05, 0.1) is 16.3 Å². The summed E-state index contributed by atoms with van der Waals surface area (Å²) in [4.78, 5) is 12.1. The second kappa shape index (κ2) is 3.85. The molecule has 0 aliphatic carbocycles. The molecule has 0 aliphatic rings. The van der Waals surface area contributed by atoms with Gasteiger partial charge in [-0.15, -0.1) is 0 Å². The van der Waals surface area contributed by atoms with Gasteiger partial charge in [0.25, 0.3) is 5.56 Å². The van der Waals surface area contributed by atoms with E-state index in [0.717, 1.165) is 11.3 Å². The average molecular weight is 214 g/mol. The molecule has 0 amide bonds. The van der Waals surface area contributed by atoms with Gasteiger partial charge in [-0.25, -0.2) is 4.68 Å². The van der Waals surface area contributed by atoms with Crippen LogP contribution in [0.15, 0.2) is 35.1 Å². The number of nitrogens with one attached hydrogen (secondary N) is 1. The topological polar surface area (TPSA) is 37.8 Å². The van der Waals surface area contributed by atoms with Crippen molar-refractivity contribution in [2.45, 2.75) is 13.8 Å². The summed E-state index contributed by atoms with van der Waals surface area (Å²) in [5, 5.41) is 4.31. The molecule has 2 aromatic rings. The van der Waals surface area contributed by atoms with Crippen LogP contribution >= 0.6 is 0 Å². The minimum Gasteiger partial charge on any atom is -0.291 e. The van der Waals surface area contributed by atoms with Gasteiger partial charge in [-0.05, 0) is 26.0 Å². The fraction of sp³-hybridized carbons (Fsp3) is 0.154. The van der Waals surface area contributed by atoms with E-state index in [4.69, 9.17) is 0 Å². The SMILES string of the molecule is C=c1[nH]n(-c2ccccc2)c(=O)c1=C(C)C. The van der Waals surface area contributed by atoms with Crippen molar-refractivity contribution in [1.82, 2.24) is 9.78 Å². The van der Waals surface area contributed by atoms with E-state index in [9.17, 15) is 4.79 Å². The van der Waals surface area contributed by atoms with E-state index in [0.29, 0.717) is 10.6 Å². The number of rotatable bonds is 1. The maximum absolute atomic E-state index is 12.1. The van der Waals surface area contributed by atoms with Crippen molar-refractivity contribution in [2.24, 2.45) is 0 Å². The molecule has 1 aromatic carbocycles. The Bertz CT molecular complexity index is 658. The van der Waals surface area contributed by atoms with Crippen molar-refractivity contribution in [3.8, 4) is 5.69 Å². The fourth-order valence-electron chi connectivity index (χ4n) is 1.76. The van der Waals surface area contributed by atoms with Crippen LogP contribution < -0.4 is 16.1 Å². The van der Waals surface area contributed by atoms with Gasteiger partial charge in [-0.2, -0.15) is 0 Å². The Balaban J connectivity index is 2.82. The molecule has 0 radical (unpaired) electrons. The Kier molecular flexibility index (Phi) is 2.52. The number of aromatic amines is 1. The first-order chi connectivity index (χ1) is 7.61. The van der Waals surface area contributed by atoms with Crippen molar-refractivity contribution in [2.75, 3.05) is 0 Å². The van der Waals surface area contributed by atoms with Crippen molar-refractivity contribution >= 4 is 12.2 Å². The van der Waals surface area contributed by atoms with E-state index >= 15 is 0 Å². The Morgan fingerprint density at radius 2 is 1.88 bits per heavy atom. The predicted molar refractivity (Wildman–Crippen MR) is 65.9 cm³/mol. The van der Waals surface area contributed by atoms with Crippen LogP contribution in [0.5, 0.6) is 0 Å². The lowest BCUT2D eigenvalue weighted by atomic mass is 10.2. The molecule has 3 nitrogen and oxygen atoms in total. The van der Waals surface area contributed by atoms with E-state index in [1.807, 2.05) is 44.2 Å². The highest BCUT2D eigenvalue weighted by molar-refractivity contribution is 5.39. The molecule has 2 rings (SSSR count). The van der Waals surface area contributed by atoms with Gasteiger partial charge >= 0.3 is 0 Å². The summed E-state index contributed by atoms with van der Waals surface area (Å²) >= 11 is 0. The third-order valence-corrected chi connectivity index (χ3v) is 2.48. The van der Waals surface area contributed by atoms with Gasteiger partial charge in [0.15, 0.2) is 0 Å². The normalized spacial score (nSPS) is 10.4. The number of hydrogen-bond acceptors (Lipinski definition) is 1. The summed E-state index contributed by atoms with van der Waals surface area (Å²) in [7, 11) is 0. The lowest BCUT2D eigenvalue weighted by Gasteiger charge is -1.98. The molecular formula is C13H14N2O. The van der Waals surface area contributed by atoms with Gasteiger partial charge in [0.2, 0.25) is 0 Å². The minimum atomic E-state index is -0.0452. The Morgan fingerprint density at radius 3 is 2.38 bits per heavy atom. The van der Waals surface area contributed by atoms with E-state index in [1.54, 1.807) is 0 Å². The Hall–Kier alpha value is -2.03. The zero-order valence-electron chi connectivity index (χ0n) is 9.45. The maximum atomic E-state index is 12.1. The molecule has 0 bridgehead atoms. The molecule has 1 aromatic heterocycles. The molecule has 0 fully saturated rings. The molecule has 1 N–H and O–H groups in total. The van der Waals surface area contributed by atoms with Crippen LogP contribution in [-0.4, -0.2) is 9.78 Å². The van der Waals surface area contributed by atoms with Gasteiger partial charge < -0.3 is 0 Å². The Morgan fingerprint density at radius 1 is 1.25 bits per heavy atom. The average Bonchev–Trinajstić information content (AvgIpc) is 2.55. The molecule has 1 heterocycles. The minimum absolute atomic E-state index is 0.0452. The van der Waals surface area contributed by atoms with Gasteiger partial charge in [0.1, 0.15) is 0 Å². The van der Waals surface area contributed by atoms with Crippen LogP contribution in [0.4, 0.5) is 0 Å². The largest absolute Gasteiger partial charge is 0.291 e. The molecular weight excluding hydrogens is 200 g/mol. The van der Waals surface area contributed by atoms with Crippen LogP contribution in [0, 0.1) is 0 Å². The lowest BCUT2D eigenvalue weighted by Crippen LogP contribution is -2.35. The van der Waals surface area contributed by atoms with Crippen molar-refractivity contribution < 1.29 is 0 Å². The summed E-state index contributed by atoms with van der Waals surface area (Å²) in [5.41, 5.74) is 1.75. The first-order valence-electron chi connectivity index (χ1n) is 5.14. The fourth-order valence-corrected chi connectivity index (χ4v) is 1.76. The highest BCUT2D eigenvalue weighted by atomic mass is 16.1. The molecule has 0 unspecified atom stereocenters. The van der Waals surface area contributed by atoms with Crippen molar-refractivity contribution in [1.29, 1.82) is 0 Å². The number of nitrogens with zero attached hydrogens (tertiary/aromatic N) is 1. The highest BCUT2D eigenvalue weighted by Gasteiger charge is 2.04. The van der Waals surface area contributed by atoms with E-state index < -0.39 is 0 Å². The molecule has 0 atom stereocenters. The molecule has 0 saturated carbocycles. The van der Waals surface area contributed by atoms with Crippen LogP contribution in [0.1, 0.15) is 13.8 Å². The Labute approximate surface area is 93.3 Å². The third kappa shape index (κ3) is 1.60. The first-order valence-corrected chi connectivity index (χ1v) is 5.14. The molecule has 0 saturated heterocycles. The molecule has 82 valence electrons. The zero-order valence-corrected chi connectivity index (χ0v) is 9.45. The van der Waals surface area contributed by atoms with Crippen LogP contribution in [0.3, 0.4) is 0 Å². The standard InChI is InChI=1S/C13H14N2O/c1-9(2)12-10(3)14-15(13(12)16)11-7-5-4-6-8-11/h4-8,14H,3H2,1-2H3. The molecule has 3 heteroatoms. The van der Waals surface area contributed by atoms with Crippen molar-refractivity contribution in [3.63, 3.8) is 0 Å². The van der Waals surface area contributed by atoms with E-state index in [2.05, 4.69) is 11.7 Å². The summed E-state index contributed by atoms with van der Waals surface area (Å²) in [6, 6.07) is 9.47. The number of H-pyrrole nitrogens is 1. The molecule has 16 heavy (non-hydrogen) atoms. The van der Waals surface area contributed by atoms with E-state index in [1.165, 1.54) is 4.68 Å². The number of para-hydroxylation sites is 1. The second-order valence-corrected chi connectivity index (χ2v) is 3.94. The first kappa shape index (κ1) is 10.5. The van der Waals surface area contributed by atoms with Gasteiger partial charge in [0, 0.05) is 0 Å². The van der Waals surface area contributed by atoms with Gasteiger partial charge in [-0.1, -0.05) is 30.4 Å². The van der Waals surface area contributed by atoms with Crippen LogP contribution in [0.2, 0.25) is 0 Å². The maximum Gasteiger partial charge on any atom is 0.279 e. The third-order valence-electron chi connectivity index (χ3n) is 2.48. The van der Waals surface area contributed by atoms with Crippen LogP contribution in [0.25, 0.3) is 17.8 Å². The second-order valence-electron chi connectivity index (χ2n) is 3.94. The van der Waals surface area contributed by atoms with Gasteiger partial charge in [-0.3, -0.25) is 9.89 Å². The zero-order chi connectivity index (χ0) is 11.7. The highest BCUT2D eigenvalue weighted by Crippen LogP contribution is 1.99. The molecule has 0 aliphatic heterocycles.